The van der Waals surface area contributed by atoms with Crippen molar-refractivity contribution in [2.45, 2.75) is 57.0 Å². The lowest BCUT2D eigenvalue weighted by molar-refractivity contribution is -0.112. The molecule has 0 atom stereocenters. The van der Waals surface area contributed by atoms with Gasteiger partial charge < -0.3 is 9.47 Å². The number of alkyl halides is 2. The SMILES string of the molecule is Cc1ccc2c(C#N)c(C3=CC=CCN3C3CC(F)(F)C3)n(C3CCC3)c2c1. The second kappa shape index (κ2) is 6.20. The highest BCUT2D eigenvalue weighted by atomic mass is 19.3. The number of hydrogen-bond donors (Lipinski definition) is 0. The third-order valence-corrected chi connectivity index (χ3v) is 6.47. The molecule has 2 fully saturated rings. The fourth-order valence-corrected chi connectivity index (χ4v) is 4.75. The van der Waals surface area contributed by atoms with Crippen molar-refractivity contribution >= 4 is 16.6 Å². The predicted molar refractivity (Wildman–Crippen MR) is 106 cm³/mol. The Bertz CT molecular complexity index is 1040. The van der Waals surface area contributed by atoms with Gasteiger partial charge in [0.15, 0.2) is 0 Å². The Balaban J connectivity index is 1.70. The van der Waals surface area contributed by atoms with Crippen molar-refractivity contribution in [1.82, 2.24) is 9.47 Å². The monoisotopic (exact) mass is 379 g/mol. The molecule has 0 N–H and O–H groups in total. The Morgan fingerprint density at radius 1 is 1.18 bits per heavy atom. The standard InChI is InChI=1S/C23H23F2N3/c1-15-8-9-18-19(14-26)22(28(21(18)11-15)16-5-4-6-16)20-7-2-3-10-27(20)17-12-23(24,25)13-17/h2-3,7-9,11,16-17H,4-6,10,12-13H2,1H3. The second-order valence-electron chi connectivity index (χ2n) is 8.36. The minimum atomic E-state index is -2.56. The summed E-state index contributed by atoms with van der Waals surface area (Å²) in [6.45, 7) is 2.68. The number of nitrogens with zero attached hydrogens (tertiary/aromatic N) is 3. The van der Waals surface area contributed by atoms with Crippen molar-refractivity contribution in [2.24, 2.45) is 0 Å². The summed E-state index contributed by atoms with van der Waals surface area (Å²) in [6.07, 6.45) is 9.16. The first-order valence-corrected chi connectivity index (χ1v) is 10.0. The molecule has 0 saturated heterocycles. The summed E-state index contributed by atoms with van der Waals surface area (Å²) in [7, 11) is 0. The molecular weight excluding hydrogens is 356 g/mol. The number of benzene rings is 1. The van der Waals surface area contributed by atoms with Crippen LogP contribution in [-0.2, 0) is 0 Å². The fourth-order valence-electron chi connectivity index (χ4n) is 4.75. The molecule has 3 nitrogen and oxygen atoms in total. The quantitative estimate of drug-likeness (QED) is 0.700. The van der Waals surface area contributed by atoms with Gasteiger partial charge >= 0.3 is 0 Å². The molecule has 5 heteroatoms. The third-order valence-electron chi connectivity index (χ3n) is 6.47. The van der Waals surface area contributed by atoms with Crippen LogP contribution in [0.15, 0.2) is 36.4 Å². The molecule has 1 aromatic carbocycles. The summed E-state index contributed by atoms with van der Waals surface area (Å²) in [6, 6.07) is 8.85. The van der Waals surface area contributed by atoms with Gasteiger partial charge in [0, 0.05) is 36.9 Å². The number of aryl methyl sites for hydroxylation is 1. The van der Waals surface area contributed by atoms with Crippen LogP contribution in [0.5, 0.6) is 0 Å². The first-order chi connectivity index (χ1) is 13.5. The van der Waals surface area contributed by atoms with Crippen molar-refractivity contribution in [3.63, 3.8) is 0 Å². The average molecular weight is 379 g/mol. The highest BCUT2D eigenvalue weighted by molar-refractivity contribution is 5.93. The summed E-state index contributed by atoms with van der Waals surface area (Å²) in [5, 5.41) is 11.0. The van der Waals surface area contributed by atoms with E-state index < -0.39 is 5.92 Å². The lowest BCUT2D eigenvalue weighted by Crippen LogP contribution is -2.50. The molecule has 3 aliphatic rings. The van der Waals surface area contributed by atoms with Gasteiger partial charge in [0.2, 0.25) is 0 Å². The summed E-state index contributed by atoms with van der Waals surface area (Å²) in [5.74, 6) is -2.56. The minimum absolute atomic E-state index is 0.108. The van der Waals surface area contributed by atoms with Gasteiger partial charge in [0.1, 0.15) is 6.07 Å². The maximum absolute atomic E-state index is 13.6. The molecule has 0 radical (unpaired) electrons. The smallest absolute Gasteiger partial charge is 0.252 e. The average Bonchev–Trinajstić information content (AvgIpc) is 2.91. The largest absolute Gasteiger partial charge is 0.363 e. The molecule has 5 rings (SSSR count). The number of rotatable bonds is 3. The molecule has 0 bridgehead atoms. The van der Waals surface area contributed by atoms with Gasteiger partial charge in [0.25, 0.3) is 5.92 Å². The molecule has 2 heterocycles. The molecule has 2 aromatic rings. The normalized spacial score (nSPS) is 21.9. The van der Waals surface area contributed by atoms with E-state index >= 15 is 0 Å². The van der Waals surface area contributed by atoms with E-state index in [0.717, 1.165) is 40.7 Å². The summed E-state index contributed by atoms with van der Waals surface area (Å²) in [5.41, 5.74) is 4.74. The van der Waals surface area contributed by atoms with Gasteiger partial charge in [-0.25, -0.2) is 8.78 Å². The Labute approximate surface area is 163 Å². The van der Waals surface area contributed by atoms with Crippen LogP contribution in [0, 0.1) is 18.3 Å². The lowest BCUT2D eigenvalue weighted by atomic mass is 9.85. The Morgan fingerprint density at radius 3 is 2.61 bits per heavy atom. The zero-order valence-corrected chi connectivity index (χ0v) is 16.0. The molecule has 28 heavy (non-hydrogen) atoms. The van der Waals surface area contributed by atoms with Crippen molar-refractivity contribution in [3.05, 3.63) is 53.2 Å². The topological polar surface area (TPSA) is 32.0 Å². The maximum Gasteiger partial charge on any atom is 0.252 e. The Hall–Kier alpha value is -2.61. The highest BCUT2D eigenvalue weighted by Gasteiger charge is 2.49. The number of aromatic nitrogens is 1. The molecule has 2 saturated carbocycles. The van der Waals surface area contributed by atoms with E-state index in [1.165, 1.54) is 6.42 Å². The maximum atomic E-state index is 13.6. The van der Waals surface area contributed by atoms with E-state index in [9.17, 15) is 14.0 Å². The van der Waals surface area contributed by atoms with Crippen molar-refractivity contribution in [2.75, 3.05) is 6.54 Å². The van der Waals surface area contributed by atoms with Crippen LogP contribution >= 0.6 is 0 Å². The molecule has 0 spiro atoms. The number of fused-ring (bicyclic) bond motifs is 1. The van der Waals surface area contributed by atoms with Crippen molar-refractivity contribution in [3.8, 4) is 6.07 Å². The number of nitriles is 1. The van der Waals surface area contributed by atoms with E-state index in [4.69, 9.17) is 0 Å². The summed E-state index contributed by atoms with van der Waals surface area (Å²) in [4.78, 5) is 2.08. The van der Waals surface area contributed by atoms with E-state index in [-0.39, 0.29) is 18.9 Å². The minimum Gasteiger partial charge on any atom is -0.363 e. The van der Waals surface area contributed by atoms with Gasteiger partial charge in [-0.05, 0) is 43.9 Å². The van der Waals surface area contributed by atoms with Crippen molar-refractivity contribution in [1.29, 1.82) is 5.26 Å². The van der Waals surface area contributed by atoms with Crippen molar-refractivity contribution < 1.29 is 8.78 Å². The Morgan fingerprint density at radius 2 is 1.96 bits per heavy atom. The molecular formula is C23H23F2N3. The third kappa shape index (κ3) is 2.58. The predicted octanol–water partition coefficient (Wildman–Crippen LogP) is 5.56. The van der Waals surface area contributed by atoms with E-state index in [1.807, 2.05) is 30.4 Å². The first kappa shape index (κ1) is 17.5. The van der Waals surface area contributed by atoms with Crippen LogP contribution in [0.1, 0.15) is 55.0 Å². The summed E-state index contributed by atoms with van der Waals surface area (Å²) < 4.78 is 29.5. The zero-order valence-electron chi connectivity index (χ0n) is 16.0. The zero-order chi connectivity index (χ0) is 19.5. The molecule has 144 valence electrons. The van der Waals surface area contributed by atoms with E-state index in [0.29, 0.717) is 18.2 Å². The first-order valence-electron chi connectivity index (χ1n) is 10.0. The van der Waals surface area contributed by atoms with Crippen LogP contribution in [0.2, 0.25) is 0 Å². The molecule has 2 aliphatic carbocycles. The van der Waals surface area contributed by atoms with E-state index in [2.05, 4.69) is 28.5 Å². The number of allylic oxidation sites excluding steroid dienone is 2. The molecule has 0 amide bonds. The summed E-state index contributed by atoms with van der Waals surface area (Å²) >= 11 is 0. The van der Waals surface area contributed by atoms with Crippen LogP contribution in [-0.4, -0.2) is 28.0 Å². The van der Waals surface area contributed by atoms with Gasteiger partial charge in [-0.2, -0.15) is 5.26 Å². The van der Waals surface area contributed by atoms with E-state index in [1.54, 1.807) is 0 Å². The Kier molecular flexibility index (Phi) is 3.87. The molecule has 0 unspecified atom stereocenters. The molecule has 1 aromatic heterocycles. The molecule has 1 aliphatic heterocycles. The number of hydrogen-bond acceptors (Lipinski definition) is 2. The lowest BCUT2D eigenvalue weighted by Gasteiger charge is -2.45. The van der Waals surface area contributed by atoms with Gasteiger partial charge in [-0.15, -0.1) is 0 Å². The highest BCUT2D eigenvalue weighted by Crippen LogP contribution is 2.46. The fraction of sp³-hybridized carbons (Fsp3) is 0.435. The van der Waals surface area contributed by atoms with Crippen LogP contribution in [0.25, 0.3) is 16.6 Å². The van der Waals surface area contributed by atoms with Gasteiger partial charge in [-0.3, -0.25) is 0 Å². The van der Waals surface area contributed by atoms with Crippen LogP contribution < -0.4 is 0 Å². The van der Waals surface area contributed by atoms with Crippen LogP contribution in [0.4, 0.5) is 8.78 Å². The van der Waals surface area contributed by atoms with Crippen LogP contribution in [0.3, 0.4) is 0 Å². The second-order valence-corrected chi connectivity index (χ2v) is 8.36. The number of halogens is 2. The van der Waals surface area contributed by atoms with Gasteiger partial charge in [0.05, 0.1) is 22.5 Å². The van der Waals surface area contributed by atoms with Gasteiger partial charge in [-0.1, -0.05) is 24.3 Å².